The van der Waals surface area contributed by atoms with Gasteiger partial charge in [-0.05, 0) is 35.6 Å². The molecule has 0 saturated carbocycles. The van der Waals surface area contributed by atoms with Crippen molar-refractivity contribution in [1.82, 2.24) is 4.31 Å². The number of fused-ring (bicyclic) bond motifs is 1. The van der Waals surface area contributed by atoms with Crippen molar-refractivity contribution < 1.29 is 8.42 Å². The predicted octanol–water partition coefficient (Wildman–Crippen LogP) is 2.50. The van der Waals surface area contributed by atoms with E-state index >= 15 is 0 Å². The minimum absolute atomic E-state index is 0.378. The summed E-state index contributed by atoms with van der Waals surface area (Å²) in [5, 5.41) is 2.03. The number of benzene rings is 1. The van der Waals surface area contributed by atoms with Crippen molar-refractivity contribution in [3.63, 3.8) is 0 Å². The third-order valence-electron chi connectivity index (χ3n) is 3.15. The van der Waals surface area contributed by atoms with Gasteiger partial charge in [0.1, 0.15) is 0 Å². The molecule has 1 aliphatic rings. The highest BCUT2D eigenvalue weighted by molar-refractivity contribution is 7.89. The van der Waals surface area contributed by atoms with Crippen LogP contribution in [0.5, 0.6) is 0 Å². The van der Waals surface area contributed by atoms with Gasteiger partial charge in [0.15, 0.2) is 0 Å². The van der Waals surface area contributed by atoms with Crippen LogP contribution in [0.3, 0.4) is 0 Å². The quantitative estimate of drug-likeness (QED) is 0.847. The number of hydrogen-bond acceptors (Lipinski definition) is 3. The molecule has 1 aromatic carbocycles. The molecule has 0 fully saturated rings. The average Bonchev–Trinajstić information content (AvgIpc) is 2.87. The normalized spacial score (nSPS) is 16.4. The Kier molecular flexibility index (Phi) is 2.97. The topological polar surface area (TPSA) is 37.4 Å². The molecule has 1 aliphatic heterocycles. The predicted molar refractivity (Wildman–Crippen MR) is 72.1 cm³/mol. The summed E-state index contributed by atoms with van der Waals surface area (Å²) in [6.45, 7) is 1.07. The monoisotopic (exact) mass is 279 g/mol. The molecular weight excluding hydrogens is 266 g/mol. The van der Waals surface area contributed by atoms with Crippen LogP contribution in [0, 0.1) is 0 Å². The summed E-state index contributed by atoms with van der Waals surface area (Å²) in [7, 11) is -3.34. The summed E-state index contributed by atoms with van der Waals surface area (Å²) in [4.78, 5) is 1.69. The standard InChI is InChI=1S/C13H13NO2S2/c15-18(16,12-4-2-1-3-5-12)14-8-6-13-11(10-14)7-9-17-13/h1-5,7,9H,6,8,10H2. The second-order valence-electron chi connectivity index (χ2n) is 4.27. The van der Waals surface area contributed by atoms with Crippen molar-refractivity contribution in [2.75, 3.05) is 6.54 Å². The lowest BCUT2D eigenvalue weighted by atomic mass is 10.1. The van der Waals surface area contributed by atoms with E-state index in [1.165, 1.54) is 4.88 Å². The minimum Gasteiger partial charge on any atom is -0.207 e. The smallest absolute Gasteiger partial charge is 0.207 e. The van der Waals surface area contributed by atoms with Gasteiger partial charge >= 0.3 is 0 Å². The van der Waals surface area contributed by atoms with Crippen LogP contribution in [0.4, 0.5) is 0 Å². The van der Waals surface area contributed by atoms with Crippen molar-refractivity contribution in [2.24, 2.45) is 0 Å². The molecule has 0 aliphatic carbocycles. The second-order valence-corrected chi connectivity index (χ2v) is 7.21. The van der Waals surface area contributed by atoms with Crippen LogP contribution >= 0.6 is 11.3 Å². The molecule has 5 heteroatoms. The molecule has 1 aromatic heterocycles. The van der Waals surface area contributed by atoms with E-state index in [9.17, 15) is 8.42 Å². The first-order valence-corrected chi connectivity index (χ1v) is 8.10. The molecule has 3 nitrogen and oxygen atoms in total. The van der Waals surface area contributed by atoms with Crippen LogP contribution in [0.2, 0.25) is 0 Å². The molecule has 0 amide bonds. The number of thiophene rings is 1. The summed E-state index contributed by atoms with van der Waals surface area (Å²) in [6.07, 6.45) is 0.819. The molecule has 0 spiro atoms. The van der Waals surface area contributed by atoms with Gasteiger partial charge < -0.3 is 0 Å². The number of sulfonamides is 1. The Balaban J connectivity index is 1.93. The lowest BCUT2D eigenvalue weighted by Gasteiger charge is -2.26. The third kappa shape index (κ3) is 1.98. The van der Waals surface area contributed by atoms with Crippen molar-refractivity contribution in [3.8, 4) is 0 Å². The molecular formula is C13H13NO2S2. The van der Waals surface area contributed by atoms with Crippen LogP contribution < -0.4 is 0 Å². The van der Waals surface area contributed by atoms with Gasteiger partial charge in [0.05, 0.1) is 4.90 Å². The first-order valence-electron chi connectivity index (χ1n) is 5.78. The first-order chi connectivity index (χ1) is 8.68. The summed E-state index contributed by atoms with van der Waals surface area (Å²) < 4.78 is 26.5. The largest absolute Gasteiger partial charge is 0.243 e. The molecule has 0 bridgehead atoms. The van der Waals surface area contributed by atoms with E-state index in [4.69, 9.17) is 0 Å². The van der Waals surface area contributed by atoms with E-state index in [1.807, 2.05) is 17.5 Å². The number of rotatable bonds is 2. The first kappa shape index (κ1) is 11.9. The van der Waals surface area contributed by atoms with Gasteiger partial charge in [0.25, 0.3) is 0 Å². The van der Waals surface area contributed by atoms with Gasteiger partial charge in [0, 0.05) is 18.0 Å². The van der Waals surface area contributed by atoms with Crippen molar-refractivity contribution >= 4 is 21.4 Å². The fraction of sp³-hybridized carbons (Fsp3) is 0.231. The summed E-state index contributed by atoms with van der Waals surface area (Å²) >= 11 is 1.71. The van der Waals surface area contributed by atoms with E-state index in [0.29, 0.717) is 18.0 Å². The maximum absolute atomic E-state index is 12.4. The molecule has 94 valence electrons. The molecule has 18 heavy (non-hydrogen) atoms. The highest BCUT2D eigenvalue weighted by atomic mass is 32.2. The maximum Gasteiger partial charge on any atom is 0.243 e. The molecule has 2 aromatic rings. The molecule has 3 rings (SSSR count). The average molecular weight is 279 g/mol. The Morgan fingerprint density at radius 2 is 1.89 bits per heavy atom. The maximum atomic E-state index is 12.4. The van der Waals surface area contributed by atoms with Crippen LogP contribution in [0.1, 0.15) is 10.4 Å². The van der Waals surface area contributed by atoms with Crippen LogP contribution in [0.25, 0.3) is 0 Å². The van der Waals surface area contributed by atoms with E-state index < -0.39 is 10.0 Å². The lowest BCUT2D eigenvalue weighted by molar-refractivity contribution is 0.394. The fourth-order valence-electron chi connectivity index (χ4n) is 2.17. The van der Waals surface area contributed by atoms with Crippen LogP contribution in [0.15, 0.2) is 46.7 Å². The summed E-state index contributed by atoms with van der Waals surface area (Å²) in [5.74, 6) is 0. The molecule has 0 radical (unpaired) electrons. The van der Waals surface area contributed by atoms with Crippen molar-refractivity contribution in [2.45, 2.75) is 17.9 Å². The zero-order chi connectivity index (χ0) is 12.6. The second kappa shape index (κ2) is 4.50. The number of hydrogen-bond donors (Lipinski definition) is 0. The molecule has 0 N–H and O–H groups in total. The molecule has 0 atom stereocenters. The van der Waals surface area contributed by atoms with E-state index in [1.54, 1.807) is 39.9 Å². The SMILES string of the molecule is O=S(=O)(c1ccccc1)N1CCc2sccc2C1. The Morgan fingerprint density at radius 1 is 1.11 bits per heavy atom. The van der Waals surface area contributed by atoms with Crippen LogP contribution in [-0.2, 0) is 23.0 Å². The number of nitrogens with zero attached hydrogens (tertiary/aromatic N) is 1. The molecule has 0 unspecified atom stereocenters. The van der Waals surface area contributed by atoms with Crippen molar-refractivity contribution in [1.29, 1.82) is 0 Å². The highest BCUT2D eigenvalue weighted by Crippen LogP contribution is 2.27. The lowest BCUT2D eigenvalue weighted by Crippen LogP contribution is -2.35. The third-order valence-corrected chi connectivity index (χ3v) is 6.04. The summed E-state index contributed by atoms with van der Waals surface area (Å²) in [5.41, 5.74) is 1.14. The zero-order valence-corrected chi connectivity index (χ0v) is 11.4. The van der Waals surface area contributed by atoms with E-state index in [0.717, 1.165) is 12.0 Å². The minimum atomic E-state index is -3.34. The van der Waals surface area contributed by atoms with E-state index in [2.05, 4.69) is 0 Å². The van der Waals surface area contributed by atoms with Crippen molar-refractivity contribution in [3.05, 3.63) is 52.2 Å². The van der Waals surface area contributed by atoms with Gasteiger partial charge in [-0.15, -0.1) is 11.3 Å². The van der Waals surface area contributed by atoms with Gasteiger partial charge in [-0.1, -0.05) is 18.2 Å². The van der Waals surface area contributed by atoms with E-state index in [-0.39, 0.29) is 0 Å². The fourth-order valence-corrected chi connectivity index (χ4v) is 4.50. The van der Waals surface area contributed by atoms with Crippen LogP contribution in [-0.4, -0.2) is 19.3 Å². The van der Waals surface area contributed by atoms with Gasteiger partial charge in [-0.25, -0.2) is 8.42 Å². The molecule has 2 heterocycles. The van der Waals surface area contributed by atoms with Gasteiger partial charge in [0.2, 0.25) is 10.0 Å². The zero-order valence-electron chi connectivity index (χ0n) is 9.74. The van der Waals surface area contributed by atoms with Gasteiger partial charge in [-0.3, -0.25) is 0 Å². The Hall–Kier alpha value is -1.17. The summed E-state index contributed by atoms with van der Waals surface area (Å²) in [6, 6.07) is 10.7. The Labute approximate surface area is 111 Å². The Bertz CT molecular complexity index is 647. The molecule has 0 saturated heterocycles. The Morgan fingerprint density at radius 3 is 2.67 bits per heavy atom. The van der Waals surface area contributed by atoms with Gasteiger partial charge in [-0.2, -0.15) is 4.31 Å². The highest BCUT2D eigenvalue weighted by Gasteiger charge is 2.28.